The van der Waals surface area contributed by atoms with E-state index in [1.807, 2.05) is 19.1 Å². The predicted molar refractivity (Wildman–Crippen MR) is 126 cm³/mol. The molecule has 0 saturated heterocycles. The normalized spacial score (nSPS) is 15.3. The Kier molecular flexibility index (Phi) is 8.27. The Bertz CT molecular complexity index is 852. The number of hydrogen-bond acceptors (Lipinski definition) is 2. The van der Waals surface area contributed by atoms with Gasteiger partial charge in [0.15, 0.2) is 0 Å². The number of benzene rings is 2. The third-order valence-corrected chi connectivity index (χ3v) is 6.34. The molecule has 2 aromatic carbocycles. The quantitative estimate of drug-likeness (QED) is 0.646. The van der Waals surface area contributed by atoms with Crippen LogP contribution in [0.1, 0.15) is 67.7 Å². The molecule has 0 spiro atoms. The molecule has 1 aliphatic carbocycles. The van der Waals surface area contributed by atoms with E-state index in [9.17, 15) is 9.59 Å². The first-order chi connectivity index (χ1) is 14.9. The number of amides is 2. The number of hydrogen-bond donors (Lipinski definition) is 1. The van der Waals surface area contributed by atoms with Crippen LogP contribution in [0.5, 0.6) is 0 Å². The van der Waals surface area contributed by atoms with E-state index in [1.165, 1.54) is 30.4 Å². The van der Waals surface area contributed by atoms with Gasteiger partial charge in [-0.15, -0.1) is 0 Å². The Morgan fingerprint density at radius 2 is 1.45 bits per heavy atom. The molecule has 1 atom stereocenters. The first-order valence-electron chi connectivity index (χ1n) is 11.6. The molecular formula is C27H36N2O2. The smallest absolute Gasteiger partial charge is 0.242 e. The van der Waals surface area contributed by atoms with Gasteiger partial charge < -0.3 is 10.2 Å². The van der Waals surface area contributed by atoms with Crippen molar-refractivity contribution in [2.45, 2.75) is 84.3 Å². The van der Waals surface area contributed by atoms with Crippen LogP contribution in [0.2, 0.25) is 0 Å². The summed E-state index contributed by atoms with van der Waals surface area (Å²) in [5, 5.41) is 3.20. The van der Waals surface area contributed by atoms with Crippen LogP contribution in [0.3, 0.4) is 0 Å². The Morgan fingerprint density at radius 3 is 2.03 bits per heavy atom. The summed E-state index contributed by atoms with van der Waals surface area (Å²) in [5.74, 6) is -0.0184. The first kappa shape index (κ1) is 23.1. The van der Waals surface area contributed by atoms with E-state index in [-0.39, 0.29) is 17.9 Å². The minimum Gasteiger partial charge on any atom is -0.352 e. The highest BCUT2D eigenvalue weighted by Gasteiger charge is 2.27. The van der Waals surface area contributed by atoms with Gasteiger partial charge in [-0.2, -0.15) is 0 Å². The fraction of sp³-hybridized carbons (Fsp3) is 0.481. The number of carbonyl (C=O) groups excluding carboxylic acids is 2. The van der Waals surface area contributed by atoms with Gasteiger partial charge in [0, 0.05) is 19.0 Å². The molecule has 2 aromatic rings. The van der Waals surface area contributed by atoms with Crippen molar-refractivity contribution in [1.82, 2.24) is 10.2 Å². The van der Waals surface area contributed by atoms with E-state index in [1.54, 1.807) is 4.90 Å². The molecule has 1 fully saturated rings. The lowest BCUT2D eigenvalue weighted by Gasteiger charge is -2.31. The van der Waals surface area contributed by atoms with Crippen molar-refractivity contribution < 1.29 is 9.59 Å². The predicted octanol–water partition coefficient (Wildman–Crippen LogP) is 5.10. The lowest BCUT2D eigenvalue weighted by Crippen LogP contribution is -2.50. The molecule has 1 unspecified atom stereocenters. The van der Waals surface area contributed by atoms with Crippen molar-refractivity contribution in [3.8, 4) is 0 Å². The molecule has 0 bridgehead atoms. The fourth-order valence-corrected chi connectivity index (χ4v) is 4.19. The van der Waals surface area contributed by atoms with E-state index < -0.39 is 6.04 Å². The van der Waals surface area contributed by atoms with Crippen LogP contribution in [0.4, 0.5) is 0 Å². The SMILES string of the molecule is Cc1ccc(CCC(=O)N(Cc2ccc(C)cc2)C(C)C(=O)NC2CCCCC2)cc1. The maximum atomic E-state index is 13.2. The summed E-state index contributed by atoms with van der Waals surface area (Å²) < 4.78 is 0. The van der Waals surface area contributed by atoms with Crippen LogP contribution in [-0.4, -0.2) is 28.8 Å². The number of nitrogens with zero attached hydrogens (tertiary/aromatic N) is 1. The largest absolute Gasteiger partial charge is 0.352 e. The van der Waals surface area contributed by atoms with Crippen LogP contribution in [0, 0.1) is 13.8 Å². The Hall–Kier alpha value is -2.62. The average molecular weight is 421 g/mol. The van der Waals surface area contributed by atoms with Gasteiger partial charge in [-0.25, -0.2) is 0 Å². The van der Waals surface area contributed by atoms with Gasteiger partial charge in [0.1, 0.15) is 6.04 Å². The molecule has 166 valence electrons. The van der Waals surface area contributed by atoms with Crippen molar-refractivity contribution >= 4 is 11.8 Å². The van der Waals surface area contributed by atoms with Gasteiger partial charge in [0.25, 0.3) is 0 Å². The standard InChI is InChI=1S/C27H36N2O2/c1-20-9-13-23(14-10-20)17-18-26(30)29(19-24-15-11-21(2)12-16-24)22(3)27(31)28-25-7-5-4-6-8-25/h9-16,22,25H,4-8,17-19H2,1-3H3,(H,28,31). The number of rotatable bonds is 8. The molecule has 0 aliphatic heterocycles. The van der Waals surface area contributed by atoms with Gasteiger partial charge in [0.2, 0.25) is 11.8 Å². The molecule has 1 aliphatic rings. The summed E-state index contributed by atoms with van der Waals surface area (Å²) in [6.45, 7) is 6.42. The maximum absolute atomic E-state index is 13.2. The molecule has 0 heterocycles. The zero-order valence-corrected chi connectivity index (χ0v) is 19.2. The zero-order valence-electron chi connectivity index (χ0n) is 19.2. The lowest BCUT2D eigenvalue weighted by molar-refractivity contribution is -0.141. The third-order valence-electron chi connectivity index (χ3n) is 6.34. The summed E-state index contributed by atoms with van der Waals surface area (Å²) in [7, 11) is 0. The summed E-state index contributed by atoms with van der Waals surface area (Å²) in [4.78, 5) is 28.0. The van der Waals surface area contributed by atoms with Gasteiger partial charge in [-0.1, -0.05) is 78.9 Å². The minimum absolute atomic E-state index is 0.0208. The molecule has 1 saturated carbocycles. The van der Waals surface area contributed by atoms with E-state index in [0.717, 1.165) is 24.0 Å². The lowest BCUT2D eigenvalue weighted by atomic mass is 9.95. The first-order valence-corrected chi connectivity index (χ1v) is 11.6. The van der Waals surface area contributed by atoms with Crippen molar-refractivity contribution in [3.63, 3.8) is 0 Å². The van der Waals surface area contributed by atoms with E-state index in [0.29, 0.717) is 19.4 Å². The van der Waals surface area contributed by atoms with Crippen LogP contribution in [-0.2, 0) is 22.6 Å². The maximum Gasteiger partial charge on any atom is 0.242 e. The molecule has 31 heavy (non-hydrogen) atoms. The average Bonchev–Trinajstić information content (AvgIpc) is 2.78. The second-order valence-corrected chi connectivity index (χ2v) is 9.01. The highest BCUT2D eigenvalue weighted by atomic mass is 16.2. The Balaban J connectivity index is 1.69. The van der Waals surface area contributed by atoms with Crippen LogP contribution >= 0.6 is 0 Å². The van der Waals surface area contributed by atoms with Gasteiger partial charge in [-0.05, 0) is 51.2 Å². The topological polar surface area (TPSA) is 49.4 Å². The molecule has 1 N–H and O–H groups in total. The molecule has 4 heteroatoms. The molecule has 0 radical (unpaired) electrons. The Labute approximate surface area is 187 Å². The molecule has 4 nitrogen and oxygen atoms in total. The number of carbonyl (C=O) groups is 2. The van der Waals surface area contributed by atoms with Crippen molar-refractivity contribution in [2.75, 3.05) is 0 Å². The number of aryl methyl sites for hydroxylation is 3. The van der Waals surface area contributed by atoms with E-state index >= 15 is 0 Å². The second kappa shape index (κ2) is 11.1. The van der Waals surface area contributed by atoms with Crippen molar-refractivity contribution in [2.24, 2.45) is 0 Å². The van der Waals surface area contributed by atoms with Crippen LogP contribution < -0.4 is 5.32 Å². The van der Waals surface area contributed by atoms with E-state index in [2.05, 4.69) is 55.6 Å². The number of nitrogens with one attached hydrogen (secondary N) is 1. The minimum atomic E-state index is -0.492. The third kappa shape index (κ3) is 6.95. The molecule has 0 aromatic heterocycles. The van der Waals surface area contributed by atoms with Gasteiger partial charge in [0.05, 0.1) is 0 Å². The van der Waals surface area contributed by atoms with E-state index in [4.69, 9.17) is 0 Å². The summed E-state index contributed by atoms with van der Waals surface area (Å²) in [6, 6.07) is 16.2. The summed E-state index contributed by atoms with van der Waals surface area (Å²) >= 11 is 0. The Morgan fingerprint density at radius 1 is 0.903 bits per heavy atom. The fourth-order valence-electron chi connectivity index (χ4n) is 4.19. The van der Waals surface area contributed by atoms with Crippen LogP contribution in [0.25, 0.3) is 0 Å². The molecular weight excluding hydrogens is 384 g/mol. The summed E-state index contributed by atoms with van der Waals surface area (Å²) in [5.41, 5.74) is 4.59. The van der Waals surface area contributed by atoms with Gasteiger partial charge >= 0.3 is 0 Å². The van der Waals surface area contributed by atoms with Crippen LogP contribution in [0.15, 0.2) is 48.5 Å². The van der Waals surface area contributed by atoms with Crippen molar-refractivity contribution in [3.05, 3.63) is 70.8 Å². The second-order valence-electron chi connectivity index (χ2n) is 9.01. The van der Waals surface area contributed by atoms with Crippen molar-refractivity contribution in [1.29, 1.82) is 0 Å². The van der Waals surface area contributed by atoms with Gasteiger partial charge in [-0.3, -0.25) is 9.59 Å². The highest BCUT2D eigenvalue weighted by Crippen LogP contribution is 2.19. The molecule has 2 amide bonds. The summed E-state index contributed by atoms with van der Waals surface area (Å²) in [6.07, 6.45) is 6.74. The zero-order chi connectivity index (χ0) is 22.2. The highest BCUT2D eigenvalue weighted by molar-refractivity contribution is 5.87. The molecule has 3 rings (SSSR count). The monoisotopic (exact) mass is 420 g/mol.